The third kappa shape index (κ3) is 2.95. The molecule has 1 heteroatoms. The Hall–Kier alpha value is -1.60. The van der Waals surface area contributed by atoms with E-state index in [0.717, 1.165) is 6.42 Å². The van der Waals surface area contributed by atoms with E-state index in [9.17, 15) is 0 Å². The topological polar surface area (TPSA) is 26.0 Å². The van der Waals surface area contributed by atoms with Crippen LogP contribution in [0.25, 0.3) is 11.1 Å². The lowest BCUT2D eigenvalue weighted by atomic mass is 9.99. The summed E-state index contributed by atoms with van der Waals surface area (Å²) in [5.41, 5.74) is 12.0. The van der Waals surface area contributed by atoms with E-state index in [1.54, 1.807) is 0 Å². The van der Waals surface area contributed by atoms with Gasteiger partial charge in [-0.3, -0.25) is 0 Å². The first-order chi connectivity index (χ1) is 8.19. The molecule has 0 unspecified atom stereocenters. The Kier molecular flexibility index (Phi) is 3.60. The molecular weight excluding hydrogens is 206 g/mol. The van der Waals surface area contributed by atoms with Crippen LogP contribution in [0.5, 0.6) is 0 Å². The van der Waals surface area contributed by atoms with Crippen LogP contribution in [0.4, 0.5) is 0 Å². The summed E-state index contributed by atoms with van der Waals surface area (Å²) in [5, 5.41) is 0. The number of aryl methyl sites for hydroxylation is 2. The van der Waals surface area contributed by atoms with E-state index < -0.39 is 0 Å². The second-order valence-corrected chi connectivity index (χ2v) is 4.61. The predicted octanol–water partition coefficient (Wildman–Crippen LogP) is 3.47. The van der Waals surface area contributed by atoms with E-state index in [4.69, 9.17) is 5.73 Å². The minimum absolute atomic E-state index is 0.711. The minimum atomic E-state index is 0.711. The van der Waals surface area contributed by atoms with Crippen LogP contribution in [-0.4, -0.2) is 6.54 Å². The predicted molar refractivity (Wildman–Crippen MR) is 74.1 cm³/mol. The van der Waals surface area contributed by atoms with Crippen molar-refractivity contribution in [3.63, 3.8) is 0 Å². The van der Waals surface area contributed by atoms with Crippen LogP contribution in [0.1, 0.15) is 16.7 Å². The highest BCUT2D eigenvalue weighted by molar-refractivity contribution is 5.65. The molecule has 0 spiro atoms. The standard InChI is InChI=1S/C16H19N/c1-12-9-13(2)11-16(10-12)15-5-3-14(4-6-15)7-8-17/h3-6,9-11H,7-8,17H2,1-2H3. The number of hydrogen-bond donors (Lipinski definition) is 1. The molecule has 0 aromatic heterocycles. The Labute approximate surface area is 103 Å². The van der Waals surface area contributed by atoms with Gasteiger partial charge in [0.15, 0.2) is 0 Å². The van der Waals surface area contributed by atoms with Gasteiger partial charge in [0.25, 0.3) is 0 Å². The van der Waals surface area contributed by atoms with E-state index in [0.29, 0.717) is 6.54 Å². The van der Waals surface area contributed by atoms with Gasteiger partial charge in [0.05, 0.1) is 0 Å². The van der Waals surface area contributed by atoms with Crippen molar-refractivity contribution in [3.05, 3.63) is 59.2 Å². The van der Waals surface area contributed by atoms with Crippen LogP contribution in [0, 0.1) is 13.8 Å². The highest BCUT2D eigenvalue weighted by atomic mass is 14.5. The molecule has 0 saturated carbocycles. The molecule has 2 rings (SSSR count). The van der Waals surface area contributed by atoms with Crippen molar-refractivity contribution in [3.8, 4) is 11.1 Å². The highest BCUT2D eigenvalue weighted by Crippen LogP contribution is 2.22. The lowest BCUT2D eigenvalue weighted by molar-refractivity contribution is 0.969. The number of nitrogens with two attached hydrogens (primary N) is 1. The number of hydrogen-bond acceptors (Lipinski definition) is 1. The summed E-state index contributed by atoms with van der Waals surface area (Å²) in [4.78, 5) is 0. The SMILES string of the molecule is Cc1cc(C)cc(-c2ccc(CCN)cc2)c1. The molecule has 2 aromatic carbocycles. The van der Waals surface area contributed by atoms with Gasteiger partial charge in [0.2, 0.25) is 0 Å². The average molecular weight is 225 g/mol. The van der Waals surface area contributed by atoms with Gasteiger partial charge in [-0.2, -0.15) is 0 Å². The fraction of sp³-hybridized carbons (Fsp3) is 0.250. The molecule has 2 N–H and O–H groups in total. The third-order valence-corrected chi connectivity index (χ3v) is 2.94. The minimum Gasteiger partial charge on any atom is -0.330 e. The molecule has 88 valence electrons. The van der Waals surface area contributed by atoms with Crippen molar-refractivity contribution in [2.45, 2.75) is 20.3 Å². The summed E-state index contributed by atoms with van der Waals surface area (Å²) in [6.07, 6.45) is 0.952. The Morgan fingerprint density at radius 1 is 0.824 bits per heavy atom. The molecular formula is C16H19N. The van der Waals surface area contributed by atoms with Crippen molar-refractivity contribution in [2.24, 2.45) is 5.73 Å². The maximum absolute atomic E-state index is 5.55. The molecule has 0 radical (unpaired) electrons. The summed E-state index contributed by atoms with van der Waals surface area (Å²) in [5.74, 6) is 0. The lowest BCUT2D eigenvalue weighted by Gasteiger charge is -2.06. The smallest absolute Gasteiger partial charge is 0.00367 e. The van der Waals surface area contributed by atoms with Crippen LogP contribution in [-0.2, 0) is 6.42 Å². The van der Waals surface area contributed by atoms with Gasteiger partial charge in [-0.25, -0.2) is 0 Å². The van der Waals surface area contributed by atoms with Crippen LogP contribution < -0.4 is 5.73 Å². The second-order valence-electron chi connectivity index (χ2n) is 4.61. The van der Waals surface area contributed by atoms with Gasteiger partial charge in [-0.1, -0.05) is 53.6 Å². The summed E-state index contributed by atoms with van der Waals surface area (Å²) in [6, 6.07) is 15.3. The lowest BCUT2D eigenvalue weighted by Crippen LogP contribution is -2.02. The largest absolute Gasteiger partial charge is 0.330 e. The Bertz CT molecular complexity index is 477. The molecule has 0 saturated heterocycles. The van der Waals surface area contributed by atoms with Gasteiger partial charge in [-0.05, 0) is 43.5 Å². The van der Waals surface area contributed by atoms with Gasteiger partial charge in [-0.15, -0.1) is 0 Å². The zero-order valence-corrected chi connectivity index (χ0v) is 10.5. The maximum atomic E-state index is 5.55. The van der Waals surface area contributed by atoms with Crippen molar-refractivity contribution in [1.29, 1.82) is 0 Å². The number of benzene rings is 2. The summed E-state index contributed by atoms with van der Waals surface area (Å²) in [7, 11) is 0. The molecule has 0 amide bonds. The molecule has 17 heavy (non-hydrogen) atoms. The summed E-state index contributed by atoms with van der Waals surface area (Å²) in [6.45, 7) is 4.99. The van der Waals surface area contributed by atoms with Crippen molar-refractivity contribution in [1.82, 2.24) is 0 Å². The van der Waals surface area contributed by atoms with Crippen molar-refractivity contribution < 1.29 is 0 Å². The van der Waals surface area contributed by atoms with E-state index >= 15 is 0 Å². The van der Waals surface area contributed by atoms with Gasteiger partial charge in [0, 0.05) is 0 Å². The van der Waals surface area contributed by atoms with E-state index in [2.05, 4.69) is 56.3 Å². The fourth-order valence-corrected chi connectivity index (χ4v) is 2.17. The molecule has 0 aliphatic heterocycles. The fourth-order valence-electron chi connectivity index (χ4n) is 2.17. The van der Waals surface area contributed by atoms with Crippen LogP contribution in [0.15, 0.2) is 42.5 Å². The molecule has 0 aliphatic rings. The first-order valence-corrected chi connectivity index (χ1v) is 6.07. The first kappa shape index (κ1) is 11.9. The van der Waals surface area contributed by atoms with Gasteiger partial charge >= 0.3 is 0 Å². The third-order valence-electron chi connectivity index (χ3n) is 2.94. The summed E-state index contributed by atoms with van der Waals surface area (Å²) < 4.78 is 0. The van der Waals surface area contributed by atoms with Crippen LogP contribution in [0.3, 0.4) is 0 Å². The zero-order valence-electron chi connectivity index (χ0n) is 10.5. The zero-order chi connectivity index (χ0) is 12.3. The Morgan fingerprint density at radius 3 is 1.94 bits per heavy atom. The monoisotopic (exact) mass is 225 g/mol. The van der Waals surface area contributed by atoms with E-state index in [-0.39, 0.29) is 0 Å². The molecule has 0 atom stereocenters. The Morgan fingerprint density at radius 2 is 1.41 bits per heavy atom. The maximum Gasteiger partial charge on any atom is -0.00367 e. The van der Waals surface area contributed by atoms with E-state index in [1.165, 1.54) is 27.8 Å². The molecule has 2 aromatic rings. The first-order valence-electron chi connectivity index (χ1n) is 6.07. The van der Waals surface area contributed by atoms with E-state index in [1.807, 2.05) is 0 Å². The number of rotatable bonds is 3. The van der Waals surface area contributed by atoms with Crippen molar-refractivity contribution in [2.75, 3.05) is 6.54 Å². The average Bonchev–Trinajstić information content (AvgIpc) is 2.29. The van der Waals surface area contributed by atoms with Crippen molar-refractivity contribution >= 4 is 0 Å². The molecule has 0 aliphatic carbocycles. The Balaban J connectivity index is 2.32. The van der Waals surface area contributed by atoms with Gasteiger partial charge < -0.3 is 5.73 Å². The molecule has 0 fully saturated rings. The molecule has 0 heterocycles. The van der Waals surface area contributed by atoms with Gasteiger partial charge in [0.1, 0.15) is 0 Å². The summed E-state index contributed by atoms with van der Waals surface area (Å²) >= 11 is 0. The van der Waals surface area contributed by atoms with Crippen LogP contribution >= 0.6 is 0 Å². The highest BCUT2D eigenvalue weighted by Gasteiger charge is 2.00. The quantitative estimate of drug-likeness (QED) is 0.850. The van der Waals surface area contributed by atoms with Crippen LogP contribution in [0.2, 0.25) is 0 Å². The normalized spacial score (nSPS) is 10.5. The molecule has 0 bridgehead atoms. The second kappa shape index (κ2) is 5.15. The molecule has 1 nitrogen and oxygen atoms in total.